The maximum atomic E-state index is 13.2. The summed E-state index contributed by atoms with van der Waals surface area (Å²) in [6.45, 7) is 1.95. The molecular formula is C24H20ClN3O2. The molecule has 0 saturated carbocycles. The second-order valence-corrected chi connectivity index (χ2v) is 7.22. The molecule has 1 N–H and O–H groups in total. The van der Waals surface area contributed by atoms with Crippen LogP contribution in [-0.2, 0) is 0 Å². The molecule has 1 amide bonds. The smallest absolute Gasteiger partial charge is 0.259 e. The number of ether oxygens (including phenoxy) is 1. The van der Waals surface area contributed by atoms with Gasteiger partial charge in [0.25, 0.3) is 5.91 Å². The first kappa shape index (κ1) is 19.7. The van der Waals surface area contributed by atoms with Crippen molar-refractivity contribution in [1.82, 2.24) is 9.78 Å². The van der Waals surface area contributed by atoms with Gasteiger partial charge >= 0.3 is 0 Å². The Morgan fingerprint density at radius 3 is 2.50 bits per heavy atom. The van der Waals surface area contributed by atoms with E-state index in [2.05, 4.69) is 5.32 Å². The molecule has 4 rings (SSSR count). The maximum Gasteiger partial charge on any atom is 0.259 e. The fraction of sp³-hybridized carbons (Fsp3) is 0.0833. The van der Waals surface area contributed by atoms with Crippen LogP contribution in [-0.4, -0.2) is 22.8 Å². The normalized spacial score (nSPS) is 10.6. The van der Waals surface area contributed by atoms with E-state index < -0.39 is 0 Å². The molecule has 0 unspecified atom stereocenters. The monoisotopic (exact) mass is 417 g/mol. The average Bonchev–Trinajstić information content (AvgIpc) is 3.22. The Balaban J connectivity index is 1.81. The van der Waals surface area contributed by atoms with E-state index >= 15 is 0 Å². The quantitative estimate of drug-likeness (QED) is 0.449. The van der Waals surface area contributed by atoms with Crippen LogP contribution in [0.3, 0.4) is 0 Å². The number of amides is 1. The number of carbonyl (C=O) groups is 1. The molecule has 3 aromatic carbocycles. The van der Waals surface area contributed by atoms with Gasteiger partial charge < -0.3 is 10.1 Å². The number of rotatable bonds is 5. The van der Waals surface area contributed by atoms with Crippen LogP contribution >= 0.6 is 11.6 Å². The fourth-order valence-corrected chi connectivity index (χ4v) is 3.49. The Labute approximate surface area is 179 Å². The van der Waals surface area contributed by atoms with Crippen molar-refractivity contribution in [3.63, 3.8) is 0 Å². The number of aryl methyl sites for hydroxylation is 1. The highest BCUT2D eigenvalue weighted by molar-refractivity contribution is 6.34. The molecule has 4 aromatic rings. The standard InChI is InChI=1S/C24H20ClN3O2/c1-16-12-13-21(20(25)14-16)26-24(29)19-15-28(17-8-4-3-5-9-17)27-23(19)18-10-6-7-11-22(18)30-2/h3-15H,1-2H3,(H,26,29). The predicted molar refractivity (Wildman–Crippen MR) is 120 cm³/mol. The number of hydrogen-bond donors (Lipinski definition) is 1. The van der Waals surface area contributed by atoms with Crippen LogP contribution in [0.25, 0.3) is 16.9 Å². The van der Waals surface area contributed by atoms with Crippen molar-refractivity contribution in [3.8, 4) is 22.7 Å². The van der Waals surface area contributed by atoms with Crippen molar-refractivity contribution in [2.75, 3.05) is 12.4 Å². The van der Waals surface area contributed by atoms with Crippen molar-refractivity contribution in [3.05, 3.63) is 95.1 Å². The van der Waals surface area contributed by atoms with E-state index in [1.54, 1.807) is 24.1 Å². The van der Waals surface area contributed by atoms with Gasteiger partial charge in [0.1, 0.15) is 11.4 Å². The molecule has 0 aliphatic rings. The largest absolute Gasteiger partial charge is 0.496 e. The number of halogens is 1. The Bertz CT molecular complexity index is 1200. The molecule has 0 aliphatic carbocycles. The fourth-order valence-electron chi connectivity index (χ4n) is 3.20. The third-order valence-electron chi connectivity index (χ3n) is 4.71. The van der Waals surface area contributed by atoms with E-state index in [-0.39, 0.29) is 5.91 Å². The molecule has 6 heteroatoms. The van der Waals surface area contributed by atoms with Gasteiger partial charge in [0.15, 0.2) is 0 Å². The number of methoxy groups -OCH3 is 1. The number of carbonyl (C=O) groups excluding carboxylic acids is 1. The third-order valence-corrected chi connectivity index (χ3v) is 5.03. The number of anilines is 1. The lowest BCUT2D eigenvalue weighted by atomic mass is 10.1. The zero-order valence-corrected chi connectivity index (χ0v) is 17.4. The molecule has 150 valence electrons. The first-order chi connectivity index (χ1) is 14.6. The molecule has 0 atom stereocenters. The van der Waals surface area contributed by atoms with Crippen LogP contribution < -0.4 is 10.1 Å². The molecule has 0 fully saturated rings. The summed E-state index contributed by atoms with van der Waals surface area (Å²) >= 11 is 6.31. The molecule has 5 nitrogen and oxygen atoms in total. The number of hydrogen-bond acceptors (Lipinski definition) is 3. The van der Waals surface area contributed by atoms with Gasteiger partial charge in [-0.25, -0.2) is 4.68 Å². The molecule has 0 spiro atoms. The second-order valence-electron chi connectivity index (χ2n) is 6.81. The number of nitrogens with zero attached hydrogens (tertiary/aromatic N) is 2. The minimum absolute atomic E-state index is 0.302. The molecule has 0 radical (unpaired) electrons. The summed E-state index contributed by atoms with van der Waals surface area (Å²) in [6, 6.07) is 22.6. The minimum Gasteiger partial charge on any atom is -0.496 e. The summed E-state index contributed by atoms with van der Waals surface area (Å²) in [5.74, 6) is 0.335. The zero-order chi connectivity index (χ0) is 21.1. The Kier molecular flexibility index (Phi) is 5.55. The van der Waals surface area contributed by atoms with Gasteiger partial charge in [-0.3, -0.25) is 4.79 Å². The molecular weight excluding hydrogens is 398 g/mol. The van der Waals surface area contributed by atoms with Crippen LogP contribution in [0, 0.1) is 6.92 Å². The number of benzene rings is 3. The third kappa shape index (κ3) is 3.93. The molecule has 0 saturated heterocycles. The summed E-state index contributed by atoms with van der Waals surface area (Å²) < 4.78 is 7.19. The molecule has 0 aliphatic heterocycles. The summed E-state index contributed by atoms with van der Waals surface area (Å²) in [7, 11) is 1.60. The maximum absolute atomic E-state index is 13.2. The van der Waals surface area contributed by atoms with Gasteiger partial charge in [-0.05, 0) is 48.9 Å². The second kappa shape index (κ2) is 8.43. The van der Waals surface area contributed by atoms with Gasteiger partial charge in [-0.15, -0.1) is 0 Å². The van der Waals surface area contributed by atoms with E-state index in [1.165, 1.54) is 0 Å². The van der Waals surface area contributed by atoms with Crippen molar-refractivity contribution in [2.24, 2.45) is 0 Å². The summed E-state index contributed by atoms with van der Waals surface area (Å²) in [5, 5.41) is 8.09. The Hall–Kier alpha value is -3.57. The van der Waals surface area contributed by atoms with Crippen LogP contribution in [0.15, 0.2) is 79.0 Å². The number of nitrogens with one attached hydrogen (secondary N) is 1. The van der Waals surface area contributed by atoms with E-state index in [9.17, 15) is 4.79 Å². The first-order valence-electron chi connectivity index (χ1n) is 9.43. The Morgan fingerprint density at radius 2 is 1.77 bits per heavy atom. The van der Waals surface area contributed by atoms with E-state index in [1.807, 2.05) is 73.7 Å². The van der Waals surface area contributed by atoms with Gasteiger partial charge in [-0.1, -0.05) is 48.0 Å². The van der Waals surface area contributed by atoms with Gasteiger partial charge in [-0.2, -0.15) is 5.10 Å². The molecule has 0 bridgehead atoms. The minimum atomic E-state index is -0.302. The summed E-state index contributed by atoms with van der Waals surface area (Å²) in [6.07, 6.45) is 1.72. The van der Waals surface area contributed by atoms with Gasteiger partial charge in [0, 0.05) is 11.8 Å². The van der Waals surface area contributed by atoms with Crippen molar-refractivity contribution in [2.45, 2.75) is 6.92 Å². The van der Waals surface area contributed by atoms with Crippen LogP contribution in [0.4, 0.5) is 5.69 Å². The Morgan fingerprint density at radius 1 is 1.03 bits per heavy atom. The zero-order valence-electron chi connectivity index (χ0n) is 16.6. The first-order valence-corrected chi connectivity index (χ1v) is 9.80. The highest BCUT2D eigenvalue weighted by atomic mass is 35.5. The van der Waals surface area contributed by atoms with E-state index in [0.717, 1.165) is 16.8 Å². The lowest BCUT2D eigenvalue weighted by Gasteiger charge is -2.10. The van der Waals surface area contributed by atoms with Gasteiger partial charge in [0.2, 0.25) is 0 Å². The lowest BCUT2D eigenvalue weighted by molar-refractivity contribution is 0.102. The van der Waals surface area contributed by atoms with Crippen LogP contribution in [0.5, 0.6) is 5.75 Å². The average molecular weight is 418 g/mol. The topological polar surface area (TPSA) is 56.2 Å². The lowest BCUT2D eigenvalue weighted by Crippen LogP contribution is -2.12. The van der Waals surface area contributed by atoms with Crippen LogP contribution in [0.1, 0.15) is 15.9 Å². The summed E-state index contributed by atoms with van der Waals surface area (Å²) in [4.78, 5) is 13.2. The molecule has 1 aromatic heterocycles. The van der Waals surface area contributed by atoms with E-state index in [0.29, 0.717) is 27.7 Å². The molecule has 1 heterocycles. The highest BCUT2D eigenvalue weighted by Crippen LogP contribution is 2.32. The van der Waals surface area contributed by atoms with E-state index in [4.69, 9.17) is 21.4 Å². The van der Waals surface area contributed by atoms with Crippen molar-refractivity contribution in [1.29, 1.82) is 0 Å². The highest BCUT2D eigenvalue weighted by Gasteiger charge is 2.21. The molecule has 30 heavy (non-hydrogen) atoms. The van der Waals surface area contributed by atoms with Gasteiger partial charge in [0.05, 0.1) is 29.1 Å². The van der Waals surface area contributed by atoms with Crippen LogP contribution in [0.2, 0.25) is 5.02 Å². The number of aromatic nitrogens is 2. The van der Waals surface area contributed by atoms with Crippen molar-refractivity contribution < 1.29 is 9.53 Å². The summed E-state index contributed by atoms with van der Waals surface area (Å²) in [5.41, 5.74) is 4.09. The SMILES string of the molecule is COc1ccccc1-c1nn(-c2ccccc2)cc1C(=O)Nc1ccc(C)cc1Cl. The van der Waals surface area contributed by atoms with Crippen molar-refractivity contribution >= 4 is 23.2 Å². The predicted octanol–water partition coefficient (Wildman–Crippen LogP) is 5.76. The number of para-hydroxylation sites is 2.